The molecule has 0 aliphatic rings. The number of amides is 5. The lowest BCUT2D eigenvalue weighted by Crippen LogP contribution is -2.56. The largest absolute Gasteiger partial charge is 0.480 e. The first-order valence-corrected chi connectivity index (χ1v) is 13.5. The van der Waals surface area contributed by atoms with Gasteiger partial charge >= 0.3 is 5.97 Å². The van der Waals surface area contributed by atoms with Gasteiger partial charge in [-0.2, -0.15) is 0 Å². The van der Waals surface area contributed by atoms with Gasteiger partial charge in [-0.05, 0) is 24.5 Å². The number of aliphatic hydroxyl groups excluding tert-OH is 2. The Morgan fingerprint density at radius 2 is 1.44 bits per heavy atom. The minimum absolute atomic E-state index is 0.0228. The van der Waals surface area contributed by atoms with Crippen molar-refractivity contribution < 1.29 is 44.1 Å². The van der Waals surface area contributed by atoms with Crippen LogP contribution in [0.3, 0.4) is 0 Å². The SMILES string of the molecule is CC(C)[C@H](N)C(=O)N[C@@H](CO)C(=O)NCC(=O)N[C@@H](Cc1c[nH]c2ccccc12)C(=O)NCC(=O)N[C@H](C(=O)O)[C@@H](C)O. The Hall–Kier alpha value is -4.54. The molecule has 16 heteroatoms. The number of aliphatic hydroxyl groups is 2. The standard InChI is InChI=1S/C27H39N7O9/c1-13(2)22(28)26(41)33-19(12-35)25(40)31-10-20(37)32-18(8-15-9-29-17-7-5-4-6-16(15)17)24(39)30-11-21(38)34-23(14(3)36)27(42)43/h4-7,9,13-14,18-19,22-23,29,35-36H,8,10-12,28H2,1-3H3,(H,30,39)(H,31,40)(H,32,37)(H,33,41)(H,34,38)(H,42,43)/t14-,18+,19+,22+,23+/m1/s1. The topological polar surface area (TPSA) is 265 Å². The van der Waals surface area contributed by atoms with Gasteiger partial charge in [0.15, 0.2) is 6.04 Å². The number of hydrogen-bond donors (Lipinski definition) is 10. The number of nitrogens with two attached hydrogens (primary N) is 1. The highest BCUT2D eigenvalue weighted by Gasteiger charge is 2.28. The van der Waals surface area contributed by atoms with Crippen LogP contribution in [0.5, 0.6) is 0 Å². The van der Waals surface area contributed by atoms with Gasteiger partial charge in [-0.15, -0.1) is 0 Å². The van der Waals surface area contributed by atoms with E-state index in [-0.39, 0.29) is 12.3 Å². The highest BCUT2D eigenvalue weighted by Crippen LogP contribution is 2.19. The molecule has 0 bridgehead atoms. The summed E-state index contributed by atoms with van der Waals surface area (Å²) >= 11 is 0. The van der Waals surface area contributed by atoms with Crippen LogP contribution in [0.2, 0.25) is 0 Å². The first-order valence-electron chi connectivity index (χ1n) is 13.5. The molecule has 5 amide bonds. The summed E-state index contributed by atoms with van der Waals surface area (Å²) in [5.41, 5.74) is 7.20. The molecule has 11 N–H and O–H groups in total. The number of rotatable bonds is 16. The van der Waals surface area contributed by atoms with E-state index in [1.807, 2.05) is 18.2 Å². The van der Waals surface area contributed by atoms with Crippen LogP contribution in [0.4, 0.5) is 0 Å². The lowest BCUT2D eigenvalue weighted by molar-refractivity contribution is -0.144. The van der Waals surface area contributed by atoms with Gasteiger partial charge in [0.1, 0.15) is 12.1 Å². The Morgan fingerprint density at radius 1 is 0.860 bits per heavy atom. The number of carboxylic acid groups (broad SMARTS) is 1. The third-order valence-electron chi connectivity index (χ3n) is 6.50. The van der Waals surface area contributed by atoms with E-state index in [0.29, 0.717) is 5.56 Å². The second kappa shape index (κ2) is 16.2. The van der Waals surface area contributed by atoms with Crippen molar-refractivity contribution >= 4 is 46.4 Å². The molecular weight excluding hydrogens is 566 g/mol. The molecule has 1 aromatic carbocycles. The molecule has 0 radical (unpaired) electrons. The third kappa shape index (κ3) is 10.4. The molecule has 2 aromatic rings. The number of carbonyl (C=O) groups excluding carboxylic acids is 5. The summed E-state index contributed by atoms with van der Waals surface area (Å²) in [5, 5.41) is 40.5. The van der Waals surface area contributed by atoms with Crippen LogP contribution < -0.4 is 32.3 Å². The van der Waals surface area contributed by atoms with E-state index < -0.39 is 85.5 Å². The lowest BCUT2D eigenvalue weighted by atomic mass is 10.0. The van der Waals surface area contributed by atoms with Gasteiger partial charge in [0.05, 0.1) is 31.8 Å². The molecular formula is C27H39N7O9. The van der Waals surface area contributed by atoms with Crippen LogP contribution in [0.25, 0.3) is 10.9 Å². The summed E-state index contributed by atoms with van der Waals surface area (Å²) in [6.45, 7) is 2.58. The van der Waals surface area contributed by atoms with Gasteiger partial charge in [0.2, 0.25) is 29.5 Å². The zero-order valence-electron chi connectivity index (χ0n) is 24.0. The highest BCUT2D eigenvalue weighted by molar-refractivity contribution is 5.95. The Morgan fingerprint density at radius 3 is 2.00 bits per heavy atom. The van der Waals surface area contributed by atoms with Gasteiger partial charge in [-0.1, -0.05) is 32.0 Å². The first kappa shape index (κ1) is 34.7. The number of fused-ring (bicyclic) bond motifs is 1. The van der Waals surface area contributed by atoms with Crippen molar-refractivity contribution in [3.05, 3.63) is 36.0 Å². The average Bonchev–Trinajstić information content (AvgIpc) is 3.37. The summed E-state index contributed by atoms with van der Waals surface area (Å²) in [6, 6.07) is 2.11. The normalized spacial score (nSPS) is 14.6. The van der Waals surface area contributed by atoms with Crippen molar-refractivity contribution in [3.8, 4) is 0 Å². The summed E-state index contributed by atoms with van der Waals surface area (Å²) in [4.78, 5) is 77.0. The molecule has 2 rings (SSSR count). The Labute approximate surface area is 247 Å². The van der Waals surface area contributed by atoms with E-state index >= 15 is 0 Å². The zero-order valence-corrected chi connectivity index (χ0v) is 24.0. The number of hydrogen-bond acceptors (Lipinski definition) is 9. The number of benzene rings is 1. The van der Waals surface area contributed by atoms with Crippen LogP contribution in [0.1, 0.15) is 26.3 Å². The fourth-order valence-electron chi connectivity index (χ4n) is 3.93. The number of aromatic amines is 1. The van der Waals surface area contributed by atoms with E-state index in [2.05, 4.69) is 31.6 Å². The van der Waals surface area contributed by atoms with Crippen LogP contribution in [0.15, 0.2) is 30.5 Å². The van der Waals surface area contributed by atoms with Gasteiger partial charge in [-0.25, -0.2) is 4.79 Å². The molecule has 0 aliphatic heterocycles. The molecule has 1 aromatic heterocycles. The van der Waals surface area contributed by atoms with E-state index in [4.69, 9.17) is 10.8 Å². The van der Waals surface area contributed by atoms with Gasteiger partial charge < -0.3 is 52.6 Å². The van der Waals surface area contributed by atoms with E-state index in [1.54, 1.807) is 26.1 Å². The molecule has 5 atom stereocenters. The molecule has 16 nitrogen and oxygen atoms in total. The van der Waals surface area contributed by atoms with Crippen LogP contribution >= 0.6 is 0 Å². The summed E-state index contributed by atoms with van der Waals surface area (Å²) in [6.07, 6.45) is 0.236. The molecule has 236 valence electrons. The first-order chi connectivity index (χ1) is 20.2. The molecule has 0 aliphatic carbocycles. The van der Waals surface area contributed by atoms with Crippen LogP contribution in [-0.4, -0.2) is 106 Å². The number of carboxylic acids is 1. The maximum atomic E-state index is 13.1. The Bertz CT molecular complexity index is 1310. The second-order valence-electron chi connectivity index (χ2n) is 10.3. The summed E-state index contributed by atoms with van der Waals surface area (Å²) in [7, 11) is 0. The summed E-state index contributed by atoms with van der Waals surface area (Å²) < 4.78 is 0. The van der Waals surface area contributed by atoms with Crippen molar-refractivity contribution in [1.29, 1.82) is 0 Å². The van der Waals surface area contributed by atoms with E-state index in [9.17, 15) is 39.0 Å². The highest BCUT2D eigenvalue weighted by atomic mass is 16.4. The van der Waals surface area contributed by atoms with E-state index in [1.165, 1.54) is 6.92 Å². The number of H-pyrrole nitrogens is 1. The third-order valence-corrected chi connectivity index (χ3v) is 6.50. The predicted molar refractivity (Wildman–Crippen MR) is 153 cm³/mol. The number of carbonyl (C=O) groups is 6. The van der Waals surface area contributed by atoms with Crippen molar-refractivity contribution in [2.45, 2.75) is 57.5 Å². The molecule has 0 fully saturated rings. The maximum Gasteiger partial charge on any atom is 0.328 e. The quantitative estimate of drug-likeness (QED) is 0.0917. The molecule has 0 spiro atoms. The number of nitrogens with one attached hydrogen (secondary N) is 6. The monoisotopic (exact) mass is 605 g/mol. The maximum absolute atomic E-state index is 13.1. The van der Waals surface area contributed by atoms with Crippen molar-refractivity contribution in [2.75, 3.05) is 19.7 Å². The molecule has 0 unspecified atom stereocenters. The molecule has 0 saturated heterocycles. The van der Waals surface area contributed by atoms with Gasteiger partial charge in [0.25, 0.3) is 0 Å². The van der Waals surface area contributed by atoms with Gasteiger partial charge in [-0.3, -0.25) is 24.0 Å². The number of aliphatic carboxylic acids is 1. The second-order valence-corrected chi connectivity index (χ2v) is 10.3. The predicted octanol–water partition coefficient (Wildman–Crippen LogP) is -3.16. The van der Waals surface area contributed by atoms with Crippen molar-refractivity contribution in [1.82, 2.24) is 31.6 Å². The summed E-state index contributed by atoms with van der Waals surface area (Å²) in [5.74, 6) is -5.67. The number of aromatic nitrogens is 1. The van der Waals surface area contributed by atoms with Crippen LogP contribution in [0, 0.1) is 5.92 Å². The van der Waals surface area contributed by atoms with Crippen molar-refractivity contribution in [2.24, 2.45) is 11.7 Å². The lowest BCUT2D eigenvalue weighted by Gasteiger charge is -2.21. The minimum Gasteiger partial charge on any atom is -0.480 e. The van der Waals surface area contributed by atoms with Crippen LogP contribution in [-0.2, 0) is 35.2 Å². The molecule has 43 heavy (non-hydrogen) atoms. The number of para-hydroxylation sites is 1. The van der Waals surface area contributed by atoms with Gasteiger partial charge in [0, 0.05) is 23.5 Å². The fourth-order valence-corrected chi connectivity index (χ4v) is 3.93. The molecule has 1 heterocycles. The van der Waals surface area contributed by atoms with E-state index in [0.717, 1.165) is 10.9 Å². The zero-order chi connectivity index (χ0) is 32.3. The Balaban J connectivity index is 2.08. The smallest absolute Gasteiger partial charge is 0.328 e. The van der Waals surface area contributed by atoms with Crippen molar-refractivity contribution in [3.63, 3.8) is 0 Å². The molecule has 0 saturated carbocycles. The average molecular weight is 606 g/mol. The minimum atomic E-state index is -1.59. The fraction of sp³-hybridized carbons (Fsp3) is 0.481. The Kier molecular flexibility index (Phi) is 13.0.